The lowest BCUT2D eigenvalue weighted by Crippen LogP contribution is -2.82. The van der Waals surface area contributed by atoms with Crippen molar-refractivity contribution < 1.29 is 47.7 Å². The van der Waals surface area contributed by atoms with Gasteiger partial charge >= 0.3 is 11.9 Å². The number of Topliss-reactive ketones (excluding diaryl/α,β-unsaturated/α-hetero) is 1. The third-order valence-corrected chi connectivity index (χ3v) is 23.8. The number of aliphatic hydroxyl groups excluding tert-OH is 1. The first-order chi connectivity index (χ1) is 24.9. The third-order valence-electron chi connectivity index (χ3n) is 14.5. The molecule has 1 aromatic rings. The van der Waals surface area contributed by atoms with E-state index in [1.54, 1.807) is 37.3 Å². The van der Waals surface area contributed by atoms with Crippen molar-refractivity contribution in [2.75, 3.05) is 6.61 Å². The number of esters is 2. The lowest BCUT2D eigenvalue weighted by Gasteiger charge is -2.68. The summed E-state index contributed by atoms with van der Waals surface area (Å²) in [5, 5.41) is 26.4. The quantitative estimate of drug-likeness (QED) is 0.121. The molecule has 10 nitrogen and oxygen atoms in total. The highest BCUT2D eigenvalue weighted by Gasteiger charge is 2.78. The number of ketones is 1. The van der Waals surface area contributed by atoms with Crippen LogP contribution in [0.4, 0.5) is 0 Å². The van der Waals surface area contributed by atoms with E-state index in [4.69, 9.17) is 23.1 Å². The van der Waals surface area contributed by atoms with Gasteiger partial charge in [-0.25, -0.2) is 4.79 Å². The van der Waals surface area contributed by atoms with E-state index in [1.807, 2.05) is 20.8 Å². The summed E-state index contributed by atoms with van der Waals surface area (Å²) in [6, 6.07) is 13.5. The molecule has 1 aromatic carbocycles. The van der Waals surface area contributed by atoms with Gasteiger partial charge in [0, 0.05) is 25.2 Å². The van der Waals surface area contributed by atoms with Gasteiger partial charge in [-0.3, -0.25) is 9.59 Å². The highest BCUT2D eigenvalue weighted by atomic mass is 28.4. The average Bonchev–Trinajstić information content (AvgIpc) is 3.13. The normalized spacial score (nSPS) is 35.3. The molecule has 1 heterocycles. The Hall–Kier alpha value is -2.20. The number of benzene rings is 1. The first-order valence-corrected chi connectivity index (χ1v) is 25.0. The van der Waals surface area contributed by atoms with Gasteiger partial charge in [0.2, 0.25) is 0 Å². The minimum atomic E-state index is -2.43. The molecule has 296 valence electrons. The van der Waals surface area contributed by atoms with E-state index < -0.39 is 92.8 Å². The second kappa shape index (κ2) is 15.0. The molecule has 53 heavy (non-hydrogen) atoms. The minimum Gasteiger partial charge on any atom is -0.455 e. The van der Waals surface area contributed by atoms with Crippen molar-refractivity contribution in [1.82, 2.24) is 0 Å². The number of rotatable bonds is 13. The van der Waals surface area contributed by atoms with Crippen LogP contribution in [0.2, 0.25) is 36.3 Å². The first kappa shape index (κ1) is 42.0. The molecule has 0 aromatic heterocycles. The predicted molar refractivity (Wildman–Crippen MR) is 207 cm³/mol. The van der Waals surface area contributed by atoms with Gasteiger partial charge in [-0.2, -0.15) is 0 Å². The van der Waals surface area contributed by atoms with Gasteiger partial charge in [-0.05, 0) is 73.4 Å². The van der Waals surface area contributed by atoms with E-state index in [0.717, 1.165) is 41.8 Å². The van der Waals surface area contributed by atoms with Crippen LogP contribution in [-0.2, 0) is 32.7 Å². The summed E-state index contributed by atoms with van der Waals surface area (Å²) in [6.45, 7) is 21.2. The molecule has 2 saturated carbocycles. The Morgan fingerprint density at radius 2 is 1.45 bits per heavy atom. The number of aliphatic hydroxyl groups is 2. The number of carbonyl (C=O) groups is 3. The summed E-state index contributed by atoms with van der Waals surface area (Å²) in [6.07, 6.45) is -4.93. The van der Waals surface area contributed by atoms with Crippen molar-refractivity contribution in [2.45, 2.75) is 167 Å². The Balaban J connectivity index is 1.86. The average molecular weight is 773 g/mol. The fourth-order valence-electron chi connectivity index (χ4n) is 10.5. The molecule has 12 heteroatoms. The van der Waals surface area contributed by atoms with Crippen molar-refractivity contribution in [3.05, 3.63) is 47.0 Å². The lowest BCUT2D eigenvalue weighted by molar-refractivity contribution is -0.344. The number of hydrogen-bond acceptors (Lipinski definition) is 10. The largest absolute Gasteiger partial charge is 0.455 e. The van der Waals surface area contributed by atoms with Gasteiger partial charge in [0.25, 0.3) is 0 Å². The standard InChI is InChI=1S/C41H64O10Si2/c1-12-52(13-2,14-3)50-29-24-41(46)36(48-37(45)28-21-19-18-20-22-28)34-39(11,35(44)33(43)32(26(29)7)38(41,9)10)30(51-53(15-4,16-5)17-6)23-31-40(34,25-47-31)49-27(8)42/h18-22,29-31,33-34,36,43,46H,12-17,23-25H2,1-11H3/t29?,30?,31-,33?,34+,36+,39-,40+,41-/m1/s1. The number of fused-ring (bicyclic) bond motifs is 5. The molecule has 4 aliphatic rings. The van der Waals surface area contributed by atoms with Gasteiger partial charge in [-0.15, -0.1) is 0 Å². The van der Waals surface area contributed by atoms with Crippen molar-refractivity contribution in [3.8, 4) is 0 Å². The summed E-state index contributed by atoms with van der Waals surface area (Å²) >= 11 is 0. The van der Waals surface area contributed by atoms with Crippen molar-refractivity contribution in [2.24, 2.45) is 16.7 Å². The fourth-order valence-corrected chi connectivity index (χ4v) is 16.3. The highest BCUT2D eigenvalue weighted by molar-refractivity contribution is 6.74. The maximum atomic E-state index is 15.6. The highest BCUT2D eigenvalue weighted by Crippen LogP contribution is 2.65. The van der Waals surface area contributed by atoms with Gasteiger partial charge in [0.05, 0.1) is 35.7 Å². The van der Waals surface area contributed by atoms with Crippen LogP contribution < -0.4 is 0 Å². The van der Waals surface area contributed by atoms with Crippen LogP contribution in [0, 0.1) is 16.7 Å². The van der Waals surface area contributed by atoms with E-state index in [2.05, 4.69) is 41.5 Å². The Kier molecular flexibility index (Phi) is 11.9. The smallest absolute Gasteiger partial charge is 0.338 e. The second-order valence-electron chi connectivity index (χ2n) is 16.9. The summed E-state index contributed by atoms with van der Waals surface area (Å²) in [5.41, 5.74) is -4.90. The molecule has 1 saturated heterocycles. The van der Waals surface area contributed by atoms with Crippen LogP contribution in [0.5, 0.6) is 0 Å². The maximum absolute atomic E-state index is 15.6. The molecule has 5 rings (SSSR count). The van der Waals surface area contributed by atoms with Gasteiger partial charge in [0.1, 0.15) is 23.9 Å². The molecule has 3 fully saturated rings. The monoisotopic (exact) mass is 772 g/mol. The molecule has 9 atom stereocenters. The van der Waals surface area contributed by atoms with Gasteiger partial charge in [0.15, 0.2) is 28.0 Å². The summed E-state index contributed by atoms with van der Waals surface area (Å²) in [4.78, 5) is 43.1. The molecule has 2 bridgehead atoms. The Morgan fingerprint density at radius 1 is 0.906 bits per heavy atom. The SMILES string of the molecule is CC[Si](CC)(CC)OC1C[C@@]2(O)[C@@H](OC(=O)c3ccccc3)[C@@H]3[C@]4(OC(C)=O)CO[C@@H]4CC(O[Si](CC)(CC)CC)[C@@]3(C)C(=O)C(O)C(=C1C)C2(C)C. The van der Waals surface area contributed by atoms with Gasteiger partial charge < -0.3 is 33.3 Å². The molecule has 1 aliphatic heterocycles. The van der Waals surface area contributed by atoms with Crippen molar-refractivity contribution in [3.63, 3.8) is 0 Å². The maximum Gasteiger partial charge on any atom is 0.338 e. The van der Waals surface area contributed by atoms with E-state index in [0.29, 0.717) is 5.57 Å². The minimum absolute atomic E-state index is 0.0368. The number of ether oxygens (including phenoxy) is 3. The summed E-state index contributed by atoms with van der Waals surface area (Å²) in [5.74, 6) is -2.93. The molecule has 0 spiro atoms. The topological polar surface area (TPSA) is 138 Å². The van der Waals surface area contributed by atoms with E-state index in [-0.39, 0.29) is 25.0 Å². The zero-order valence-corrected chi connectivity index (χ0v) is 35.9. The number of carbonyl (C=O) groups excluding carboxylic acids is 3. The summed E-state index contributed by atoms with van der Waals surface area (Å²) in [7, 11) is -4.76. The van der Waals surface area contributed by atoms with E-state index in [1.165, 1.54) is 6.92 Å². The fraction of sp³-hybridized carbons (Fsp3) is 0.732. The van der Waals surface area contributed by atoms with Crippen LogP contribution in [0.15, 0.2) is 41.5 Å². The van der Waals surface area contributed by atoms with Gasteiger partial charge in [-0.1, -0.05) is 73.6 Å². The third kappa shape index (κ3) is 6.45. The van der Waals surface area contributed by atoms with E-state index >= 15 is 4.79 Å². The Labute approximate surface area is 318 Å². The summed E-state index contributed by atoms with van der Waals surface area (Å²) < 4.78 is 33.6. The van der Waals surface area contributed by atoms with E-state index in [9.17, 15) is 19.8 Å². The molecule has 2 N–H and O–H groups in total. The lowest BCUT2D eigenvalue weighted by atomic mass is 9.44. The van der Waals surface area contributed by atoms with Crippen LogP contribution in [0.1, 0.15) is 99.4 Å². The zero-order chi connectivity index (χ0) is 39.4. The molecule has 3 unspecified atom stereocenters. The number of hydrogen-bond donors (Lipinski definition) is 2. The predicted octanol–water partition coefficient (Wildman–Crippen LogP) is 7.14. The van der Waals surface area contributed by atoms with Crippen LogP contribution in [0.3, 0.4) is 0 Å². The molecule has 3 aliphatic carbocycles. The zero-order valence-electron chi connectivity index (χ0n) is 33.9. The molecule has 0 radical (unpaired) electrons. The van der Waals surface area contributed by atoms with Crippen LogP contribution in [0.25, 0.3) is 0 Å². The molecule has 0 amide bonds. The van der Waals surface area contributed by atoms with Crippen LogP contribution in [-0.4, -0.2) is 92.9 Å². The van der Waals surface area contributed by atoms with Crippen LogP contribution >= 0.6 is 0 Å². The van der Waals surface area contributed by atoms with Crippen molar-refractivity contribution in [1.29, 1.82) is 0 Å². The molecular formula is C41H64O10Si2. The Morgan fingerprint density at radius 3 is 1.94 bits per heavy atom. The molecular weight excluding hydrogens is 709 g/mol. The van der Waals surface area contributed by atoms with Crippen molar-refractivity contribution >= 4 is 34.4 Å². The first-order valence-electron chi connectivity index (χ1n) is 19.9. The second-order valence-corrected chi connectivity index (χ2v) is 26.3. The Bertz CT molecular complexity index is 1550.